The summed E-state index contributed by atoms with van der Waals surface area (Å²) in [5, 5.41) is 0. The van der Waals surface area contributed by atoms with Gasteiger partial charge in [0.2, 0.25) is 0 Å². The van der Waals surface area contributed by atoms with Gasteiger partial charge in [0, 0.05) is 19.8 Å². The zero-order valence-electron chi connectivity index (χ0n) is 19.9. The van der Waals surface area contributed by atoms with Crippen LogP contribution in [0.2, 0.25) is 19.6 Å². The number of hydrogen-bond acceptors (Lipinski definition) is 3. The first-order valence-electron chi connectivity index (χ1n) is 12.9. The molecule has 0 aliphatic heterocycles. The van der Waals surface area contributed by atoms with Gasteiger partial charge in [0.05, 0.1) is 12.2 Å². The van der Waals surface area contributed by atoms with Crippen LogP contribution in [0.15, 0.2) is 0 Å². The van der Waals surface area contributed by atoms with Crippen LogP contribution >= 0.6 is 0 Å². The van der Waals surface area contributed by atoms with Gasteiger partial charge in [-0.05, 0) is 89.8 Å². The van der Waals surface area contributed by atoms with Crippen LogP contribution in [0.1, 0.15) is 103 Å². The molecular formula is C25H50O3Si. The van der Waals surface area contributed by atoms with Gasteiger partial charge in [0.25, 0.3) is 0 Å². The van der Waals surface area contributed by atoms with Crippen LogP contribution in [0.25, 0.3) is 0 Å². The molecule has 0 radical (unpaired) electrons. The smallest absolute Gasteiger partial charge is 0.183 e. The van der Waals surface area contributed by atoms with E-state index in [4.69, 9.17) is 13.9 Å². The van der Waals surface area contributed by atoms with E-state index in [2.05, 4.69) is 19.6 Å². The minimum absolute atomic E-state index is 0.552. The molecule has 2 rings (SSSR count). The monoisotopic (exact) mass is 426 g/mol. The fraction of sp³-hybridized carbons (Fsp3) is 1.00. The Labute approximate surface area is 182 Å². The standard InChI is InChI=1S/C25H50O3Si/c1-29(2,3)28-22-12-15-23(13-10-20-26-24-16-6-4-7-17-24)14-11-21-27-25-18-8-5-9-19-25/h23-25H,4-22H2,1-3H3. The molecule has 3 nitrogen and oxygen atoms in total. The van der Waals surface area contributed by atoms with Crippen molar-refractivity contribution in [2.75, 3.05) is 19.8 Å². The van der Waals surface area contributed by atoms with Crippen molar-refractivity contribution in [2.24, 2.45) is 5.92 Å². The predicted octanol–water partition coefficient (Wildman–Crippen LogP) is 7.49. The first-order valence-corrected chi connectivity index (χ1v) is 16.3. The molecule has 0 aromatic carbocycles. The summed E-state index contributed by atoms with van der Waals surface area (Å²) in [6.07, 6.45) is 22.1. The van der Waals surface area contributed by atoms with E-state index in [1.54, 1.807) is 0 Å². The first kappa shape index (κ1) is 25.4. The molecule has 4 heteroatoms. The summed E-state index contributed by atoms with van der Waals surface area (Å²) in [6, 6.07) is 0. The highest BCUT2D eigenvalue weighted by atomic mass is 28.4. The van der Waals surface area contributed by atoms with Crippen LogP contribution in [-0.2, 0) is 13.9 Å². The average Bonchev–Trinajstić information content (AvgIpc) is 2.72. The summed E-state index contributed by atoms with van der Waals surface area (Å²) in [6.45, 7) is 9.74. The van der Waals surface area contributed by atoms with E-state index >= 15 is 0 Å². The zero-order chi connectivity index (χ0) is 20.8. The second-order valence-corrected chi connectivity index (χ2v) is 15.0. The molecule has 0 spiro atoms. The summed E-state index contributed by atoms with van der Waals surface area (Å²) < 4.78 is 18.4. The van der Waals surface area contributed by atoms with Gasteiger partial charge >= 0.3 is 0 Å². The third kappa shape index (κ3) is 13.2. The van der Waals surface area contributed by atoms with Gasteiger partial charge in [-0.25, -0.2) is 0 Å². The first-order chi connectivity index (χ1) is 14.0. The van der Waals surface area contributed by atoms with Crippen LogP contribution < -0.4 is 0 Å². The number of hydrogen-bond donors (Lipinski definition) is 0. The van der Waals surface area contributed by atoms with Crippen molar-refractivity contribution < 1.29 is 13.9 Å². The third-order valence-corrected chi connectivity index (χ3v) is 7.69. The highest BCUT2D eigenvalue weighted by Gasteiger charge is 2.17. The van der Waals surface area contributed by atoms with Crippen molar-refractivity contribution in [3.63, 3.8) is 0 Å². The molecule has 0 aromatic heterocycles. The Morgan fingerprint density at radius 2 is 1.03 bits per heavy atom. The van der Waals surface area contributed by atoms with Crippen molar-refractivity contribution in [1.82, 2.24) is 0 Å². The van der Waals surface area contributed by atoms with Crippen molar-refractivity contribution in [2.45, 2.75) is 135 Å². The van der Waals surface area contributed by atoms with E-state index in [1.165, 1.54) is 103 Å². The van der Waals surface area contributed by atoms with Crippen LogP contribution in [0.5, 0.6) is 0 Å². The molecule has 0 heterocycles. The van der Waals surface area contributed by atoms with Gasteiger partial charge in [0.1, 0.15) is 0 Å². The second kappa shape index (κ2) is 15.0. The highest BCUT2D eigenvalue weighted by Crippen LogP contribution is 2.24. The van der Waals surface area contributed by atoms with Crippen molar-refractivity contribution in [3.05, 3.63) is 0 Å². The van der Waals surface area contributed by atoms with Crippen LogP contribution in [0.3, 0.4) is 0 Å². The van der Waals surface area contributed by atoms with E-state index in [9.17, 15) is 0 Å². The van der Waals surface area contributed by atoms with E-state index < -0.39 is 8.32 Å². The summed E-state index contributed by atoms with van der Waals surface area (Å²) in [4.78, 5) is 0. The summed E-state index contributed by atoms with van der Waals surface area (Å²) in [7, 11) is -1.37. The normalized spacial score (nSPS) is 19.9. The van der Waals surface area contributed by atoms with E-state index in [0.29, 0.717) is 12.2 Å². The largest absolute Gasteiger partial charge is 0.418 e. The second-order valence-electron chi connectivity index (χ2n) is 10.5. The summed E-state index contributed by atoms with van der Waals surface area (Å²) >= 11 is 0. The van der Waals surface area contributed by atoms with Gasteiger partial charge < -0.3 is 13.9 Å². The van der Waals surface area contributed by atoms with Gasteiger partial charge in [-0.3, -0.25) is 0 Å². The van der Waals surface area contributed by atoms with Crippen LogP contribution in [0, 0.1) is 5.92 Å². The molecule has 2 aliphatic rings. The van der Waals surface area contributed by atoms with Crippen molar-refractivity contribution >= 4 is 8.32 Å². The molecule has 0 aromatic rings. The molecule has 0 amide bonds. The molecule has 0 N–H and O–H groups in total. The maximum Gasteiger partial charge on any atom is 0.183 e. The Morgan fingerprint density at radius 1 is 0.621 bits per heavy atom. The molecule has 0 unspecified atom stereocenters. The Morgan fingerprint density at radius 3 is 1.45 bits per heavy atom. The van der Waals surface area contributed by atoms with E-state index in [0.717, 1.165) is 25.7 Å². The van der Waals surface area contributed by atoms with Gasteiger partial charge in [-0.1, -0.05) is 38.5 Å². The van der Waals surface area contributed by atoms with Gasteiger partial charge in [-0.2, -0.15) is 0 Å². The maximum atomic E-state index is 6.16. The Hall–Kier alpha value is 0.0969. The third-order valence-electron chi connectivity index (χ3n) is 6.62. The van der Waals surface area contributed by atoms with Gasteiger partial charge in [-0.15, -0.1) is 0 Å². The summed E-state index contributed by atoms with van der Waals surface area (Å²) in [5.41, 5.74) is 0. The van der Waals surface area contributed by atoms with Crippen molar-refractivity contribution in [1.29, 1.82) is 0 Å². The molecular weight excluding hydrogens is 376 g/mol. The van der Waals surface area contributed by atoms with Crippen LogP contribution in [-0.4, -0.2) is 40.3 Å². The Balaban J connectivity index is 1.59. The average molecular weight is 427 g/mol. The highest BCUT2D eigenvalue weighted by molar-refractivity contribution is 6.69. The van der Waals surface area contributed by atoms with E-state index in [-0.39, 0.29) is 0 Å². The Kier molecular flexibility index (Phi) is 13.1. The number of ether oxygens (including phenoxy) is 2. The minimum Gasteiger partial charge on any atom is -0.418 e. The molecule has 29 heavy (non-hydrogen) atoms. The lowest BCUT2D eigenvalue weighted by atomic mass is 9.93. The van der Waals surface area contributed by atoms with Gasteiger partial charge in [0.15, 0.2) is 8.32 Å². The lowest BCUT2D eigenvalue weighted by Crippen LogP contribution is -2.26. The minimum atomic E-state index is -1.37. The zero-order valence-corrected chi connectivity index (χ0v) is 20.9. The summed E-state index contributed by atoms with van der Waals surface area (Å²) in [5.74, 6) is 0.810. The SMILES string of the molecule is C[Si](C)(C)OCCCC(CCCOC1CCCCC1)CCCOC1CCCCC1. The van der Waals surface area contributed by atoms with Crippen molar-refractivity contribution in [3.8, 4) is 0 Å². The van der Waals surface area contributed by atoms with Crippen LogP contribution in [0.4, 0.5) is 0 Å². The topological polar surface area (TPSA) is 27.7 Å². The molecule has 0 saturated heterocycles. The fourth-order valence-electron chi connectivity index (χ4n) is 4.89. The fourth-order valence-corrected chi connectivity index (χ4v) is 5.65. The molecule has 0 atom stereocenters. The lowest BCUT2D eigenvalue weighted by Gasteiger charge is -2.24. The lowest BCUT2D eigenvalue weighted by molar-refractivity contribution is 0.0206. The number of rotatable bonds is 15. The molecule has 0 bridgehead atoms. The molecule has 172 valence electrons. The van der Waals surface area contributed by atoms with E-state index in [1.807, 2.05) is 0 Å². The molecule has 2 saturated carbocycles. The molecule has 2 aliphatic carbocycles. The predicted molar refractivity (Wildman–Crippen MR) is 126 cm³/mol. The molecule has 2 fully saturated rings. The maximum absolute atomic E-state index is 6.16. The quantitative estimate of drug-likeness (QED) is 0.200. The Bertz CT molecular complexity index is 358.